The zero-order chi connectivity index (χ0) is 20.9. The van der Waals surface area contributed by atoms with Crippen molar-refractivity contribution in [1.29, 1.82) is 0 Å². The van der Waals surface area contributed by atoms with Crippen LogP contribution in [0, 0.1) is 0 Å². The molecule has 0 saturated carbocycles. The molecule has 6 nitrogen and oxygen atoms in total. The first-order valence-corrected chi connectivity index (χ1v) is 10.4. The molecule has 2 atom stereocenters. The standard InChI is InChI=1S/C25H20N2O4/c28-24(26-16-9-10-20-21(13-16)31-14-30-20)22-18-7-3-4-8-19(18)25(29)27-12-11-15-5-1-2-6-17(15)23(22)27/h1-10,13,22-23H,11-12,14H2,(H,26,28). The van der Waals surface area contributed by atoms with Gasteiger partial charge in [-0.3, -0.25) is 9.59 Å². The van der Waals surface area contributed by atoms with Crippen molar-refractivity contribution in [2.45, 2.75) is 18.4 Å². The van der Waals surface area contributed by atoms with E-state index in [0.717, 1.165) is 17.5 Å². The Morgan fingerprint density at radius 3 is 2.61 bits per heavy atom. The van der Waals surface area contributed by atoms with Gasteiger partial charge in [0.2, 0.25) is 12.7 Å². The largest absolute Gasteiger partial charge is 0.454 e. The monoisotopic (exact) mass is 412 g/mol. The molecular weight excluding hydrogens is 392 g/mol. The maximum atomic E-state index is 13.7. The van der Waals surface area contributed by atoms with Gasteiger partial charge in [-0.2, -0.15) is 0 Å². The fourth-order valence-corrected chi connectivity index (χ4v) is 4.95. The summed E-state index contributed by atoms with van der Waals surface area (Å²) in [6, 6.07) is 20.6. The van der Waals surface area contributed by atoms with E-state index in [2.05, 4.69) is 11.4 Å². The summed E-state index contributed by atoms with van der Waals surface area (Å²) < 4.78 is 10.8. The van der Waals surface area contributed by atoms with E-state index in [1.54, 1.807) is 18.2 Å². The average Bonchev–Trinajstić information content (AvgIpc) is 3.27. The van der Waals surface area contributed by atoms with E-state index in [1.165, 1.54) is 5.56 Å². The van der Waals surface area contributed by atoms with Gasteiger partial charge in [0, 0.05) is 23.9 Å². The molecule has 3 aliphatic rings. The Hall–Kier alpha value is -3.80. The number of carbonyl (C=O) groups is 2. The molecule has 3 aliphatic heterocycles. The molecule has 6 heteroatoms. The molecule has 2 unspecified atom stereocenters. The van der Waals surface area contributed by atoms with Crippen LogP contribution in [-0.2, 0) is 11.2 Å². The molecule has 3 heterocycles. The number of nitrogens with one attached hydrogen (secondary N) is 1. The highest BCUT2D eigenvalue weighted by molar-refractivity contribution is 6.04. The molecule has 0 aliphatic carbocycles. The Balaban J connectivity index is 1.44. The lowest BCUT2D eigenvalue weighted by atomic mass is 9.76. The normalized spacial score (nSPS) is 20.5. The highest BCUT2D eigenvalue weighted by Gasteiger charge is 2.46. The van der Waals surface area contributed by atoms with Crippen molar-refractivity contribution in [3.63, 3.8) is 0 Å². The van der Waals surface area contributed by atoms with Crippen molar-refractivity contribution >= 4 is 17.5 Å². The second-order valence-electron chi connectivity index (χ2n) is 8.01. The summed E-state index contributed by atoms with van der Waals surface area (Å²) >= 11 is 0. The summed E-state index contributed by atoms with van der Waals surface area (Å²) in [5, 5.41) is 3.05. The number of hydrogen-bond donors (Lipinski definition) is 1. The number of carbonyl (C=O) groups excluding carboxylic acids is 2. The van der Waals surface area contributed by atoms with Crippen molar-refractivity contribution < 1.29 is 19.1 Å². The third-order valence-electron chi connectivity index (χ3n) is 6.36. The van der Waals surface area contributed by atoms with Crippen molar-refractivity contribution in [2.75, 3.05) is 18.7 Å². The molecule has 0 saturated heterocycles. The maximum absolute atomic E-state index is 13.7. The third kappa shape index (κ3) is 2.79. The predicted molar refractivity (Wildman–Crippen MR) is 114 cm³/mol. The minimum atomic E-state index is -0.513. The van der Waals surface area contributed by atoms with Gasteiger partial charge in [-0.15, -0.1) is 0 Å². The van der Waals surface area contributed by atoms with E-state index in [1.807, 2.05) is 47.4 Å². The SMILES string of the molecule is O=C(Nc1ccc2c(c1)OCO2)C1c2ccccc2C(=O)N2CCc3ccccc3C12. The number of nitrogens with zero attached hydrogens (tertiary/aromatic N) is 1. The van der Waals surface area contributed by atoms with E-state index in [4.69, 9.17) is 9.47 Å². The molecule has 0 spiro atoms. The van der Waals surface area contributed by atoms with E-state index in [-0.39, 0.29) is 24.6 Å². The van der Waals surface area contributed by atoms with Crippen molar-refractivity contribution in [3.8, 4) is 11.5 Å². The highest BCUT2D eigenvalue weighted by Crippen LogP contribution is 2.46. The lowest BCUT2D eigenvalue weighted by molar-refractivity contribution is -0.119. The third-order valence-corrected chi connectivity index (χ3v) is 6.36. The second-order valence-corrected chi connectivity index (χ2v) is 8.01. The lowest BCUT2D eigenvalue weighted by Gasteiger charge is -2.45. The van der Waals surface area contributed by atoms with Gasteiger partial charge >= 0.3 is 0 Å². The van der Waals surface area contributed by atoms with Crippen LogP contribution in [0.5, 0.6) is 11.5 Å². The number of hydrogen-bond acceptors (Lipinski definition) is 4. The Labute approximate surface area is 179 Å². The van der Waals surface area contributed by atoms with E-state index >= 15 is 0 Å². The topological polar surface area (TPSA) is 67.9 Å². The molecule has 2 amide bonds. The molecule has 3 aromatic rings. The number of amides is 2. The zero-order valence-electron chi connectivity index (χ0n) is 16.7. The molecular formula is C25H20N2O4. The first-order valence-electron chi connectivity index (χ1n) is 10.4. The van der Waals surface area contributed by atoms with Crippen molar-refractivity contribution in [1.82, 2.24) is 4.90 Å². The maximum Gasteiger partial charge on any atom is 0.254 e. The molecule has 0 aromatic heterocycles. The van der Waals surface area contributed by atoms with Crippen LogP contribution >= 0.6 is 0 Å². The number of benzene rings is 3. The first kappa shape index (κ1) is 18.0. The molecule has 31 heavy (non-hydrogen) atoms. The van der Waals surface area contributed by atoms with Crippen molar-refractivity contribution in [2.24, 2.45) is 0 Å². The van der Waals surface area contributed by atoms with Crippen LogP contribution in [0.1, 0.15) is 39.0 Å². The van der Waals surface area contributed by atoms with E-state index in [0.29, 0.717) is 29.3 Å². The Morgan fingerprint density at radius 1 is 0.935 bits per heavy atom. The summed E-state index contributed by atoms with van der Waals surface area (Å²) in [7, 11) is 0. The summed E-state index contributed by atoms with van der Waals surface area (Å²) in [5.41, 5.74) is 4.24. The fraction of sp³-hybridized carbons (Fsp3) is 0.200. The fourth-order valence-electron chi connectivity index (χ4n) is 4.95. The van der Waals surface area contributed by atoms with Gasteiger partial charge in [0.05, 0.1) is 12.0 Å². The molecule has 0 bridgehead atoms. The van der Waals surface area contributed by atoms with Crippen LogP contribution in [0.15, 0.2) is 66.7 Å². The predicted octanol–water partition coefficient (Wildman–Crippen LogP) is 3.89. The number of fused-ring (bicyclic) bond motifs is 5. The van der Waals surface area contributed by atoms with Crippen molar-refractivity contribution in [3.05, 3.63) is 89.0 Å². The van der Waals surface area contributed by atoms with Crippen LogP contribution < -0.4 is 14.8 Å². The van der Waals surface area contributed by atoms with Gasteiger partial charge in [-0.25, -0.2) is 0 Å². The number of rotatable bonds is 2. The first-order chi connectivity index (χ1) is 15.2. The van der Waals surface area contributed by atoms with Gasteiger partial charge < -0.3 is 19.7 Å². The van der Waals surface area contributed by atoms with Gasteiger partial charge in [-0.1, -0.05) is 42.5 Å². The summed E-state index contributed by atoms with van der Waals surface area (Å²) in [4.78, 5) is 28.8. The quantitative estimate of drug-likeness (QED) is 0.694. The molecule has 3 aromatic carbocycles. The molecule has 0 radical (unpaired) electrons. The van der Waals surface area contributed by atoms with Crippen LogP contribution in [0.3, 0.4) is 0 Å². The highest BCUT2D eigenvalue weighted by atomic mass is 16.7. The van der Waals surface area contributed by atoms with Gasteiger partial charge in [0.15, 0.2) is 11.5 Å². The Morgan fingerprint density at radius 2 is 1.71 bits per heavy atom. The van der Waals surface area contributed by atoms with E-state index < -0.39 is 5.92 Å². The minimum absolute atomic E-state index is 0.0118. The summed E-state index contributed by atoms with van der Waals surface area (Å²) in [6.45, 7) is 0.779. The van der Waals surface area contributed by atoms with Gasteiger partial charge in [0.1, 0.15) is 0 Å². The lowest BCUT2D eigenvalue weighted by Crippen LogP contribution is -2.49. The molecule has 0 fully saturated rings. The summed E-state index contributed by atoms with van der Waals surface area (Å²) in [6.07, 6.45) is 0.789. The molecule has 1 N–H and O–H groups in total. The molecule has 154 valence electrons. The van der Waals surface area contributed by atoms with Crippen LogP contribution in [0.25, 0.3) is 0 Å². The minimum Gasteiger partial charge on any atom is -0.454 e. The van der Waals surface area contributed by atoms with Crippen LogP contribution in [0.2, 0.25) is 0 Å². The zero-order valence-corrected chi connectivity index (χ0v) is 16.7. The van der Waals surface area contributed by atoms with Crippen LogP contribution in [0.4, 0.5) is 5.69 Å². The molecule has 6 rings (SSSR count). The average molecular weight is 412 g/mol. The second kappa shape index (κ2) is 6.87. The Bertz CT molecular complexity index is 1220. The number of anilines is 1. The van der Waals surface area contributed by atoms with Crippen LogP contribution in [-0.4, -0.2) is 30.1 Å². The van der Waals surface area contributed by atoms with Gasteiger partial charge in [0.25, 0.3) is 5.91 Å². The number of ether oxygens (including phenoxy) is 2. The van der Waals surface area contributed by atoms with Gasteiger partial charge in [-0.05, 0) is 41.3 Å². The smallest absolute Gasteiger partial charge is 0.254 e. The Kier molecular flexibility index (Phi) is 3.99. The van der Waals surface area contributed by atoms with E-state index in [9.17, 15) is 9.59 Å². The summed E-state index contributed by atoms with van der Waals surface area (Å²) in [5.74, 6) is 0.606.